The third-order valence-electron chi connectivity index (χ3n) is 2.81. The van der Waals surface area contributed by atoms with Crippen LogP contribution in [0.15, 0.2) is 46.9 Å². The summed E-state index contributed by atoms with van der Waals surface area (Å²) in [4.78, 5) is 10.2. The predicted molar refractivity (Wildman–Crippen MR) is 84.4 cm³/mol. The van der Waals surface area contributed by atoms with Gasteiger partial charge in [0.25, 0.3) is 5.69 Å². The monoisotopic (exact) mass is 354 g/mol. The lowest BCUT2D eigenvalue weighted by atomic mass is 10.1. The molecule has 0 aromatic heterocycles. The van der Waals surface area contributed by atoms with Crippen LogP contribution in [0.4, 0.5) is 11.4 Å². The maximum atomic E-state index is 10.6. The smallest absolute Gasteiger partial charge is 0.269 e. The van der Waals surface area contributed by atoms with Crippen molar-refractivity contribution >= 4 is 38.9 Å². The summed E-state index contributed by atoms with van der Waals surface area (Å²) in [5.41, 5.74) is 2.13. The molecule has 20 heavy (non-hydrogen) atoms. The highest BCUT2D eigenvalue weighted by Crippen LogP contribution is 2.25. The summed E-state index contributed by atoms with van der Waals surface area (Å²) in [6, 6.07) is 12.1. The number of nitrogens with one attached hydrogen (secondary N) is 1. The molecule has 0 heterocycles. The van der Waals surface area contributed by atoms with E-state index in [4.69, 9.17) is 11.6 Å². The number of benzene rings is 2. The second-order valence-electron chi connectivity index (χ2n) is 4.22. The second-order valence-corrected chi connectivity index (χ2v) is 5.52. The van der Waals surface area contributed by atoms with E-state index < -0.39 is 4.92 Å². The van der Waals surface area contributed by atoms with Gasteiger partial charge in [0.05, 0.1) is 4.92 Å². The van der Waals surface area contributed by atoms with Gasteiger partial charge in [-0.3, -0.25) is 10.1 Å². The van der Waals surface area contributed by atoms with Gasteiger partial charge in [0, 0.05) is 33.9 Å². The molecule has 2 aromatic rings. The van der Waals surface area contributed by atoms with Gasteiger partial charge in [0.15, 0.2) is 0 Å². The van der Waals surface area contributed by atoms with Crippen molar-refractivity contribution in [2.45, 2.75) is 6.42 Å². The van der Waals surface area contributed by atoms with Crippen LogP contribution in [0, 0.1) is 10.1 Å². The number of nitro benzene ring substituents is 1. The average molecular weight is 356 g/mol. The van der Waals surface area contributed by atoms with E-state index >= 15 is 0 Å². The van der Waals surface area contributed by atoms with Crippen LogP contribution in [0.2, 0.25) is 5.02 Å². The zero-order chi connectivity index (χ0) is 14.5. The third-order valence-corrected chi connectivity index (χ3v) is 3.70. The van der Waals surface area contributed by atoms with Crippen LogP contribution in [-0.4, -0.2) is 11.5 Å². The van der Waals surface area contributed by atoms with Gasteiger partial charge in [-0.1, -0.05) is 23.7 Å². The summed E-state index contributed by atoms with van der Waals surface area (Å²) in [6.45, 7) is 0.734. The molecule has 0 unspecified atom stereocenters. The maximum Gasteiger partial charge on any atom is 0.269 e. The quantitative estimate of drug-likeness (QED) is 0.626. The Morgan fingerprint density at radius 1 is 1.20 bits per heavy atom. The van der Waals surface area contributed by atoms with Crippen LogP contribution in [0.5, 0.6) is 0 Å². The number of anilines is 1. The van der Waals surface area contributed by atoms with E-state index in [9.17, 15) is 10.1 Å². The SMILES string of the molecule is O=[N+]([O-])c1ccc(CCNc2ccc(Cl)cc2Br)cc1. The van der Waals surface area contributed by atoms with Crippen LogP contribution >= 0.6 is 27.5 Å². The van der Waals surface area contributed by atoms with E-state index in [0.29, 0.717) is 5.02 Å². The Labute approximate surface area is 130 Å². The lowest BCUT2D eigenvalue weighted by Gasteiger charge is -2.08. The van der Waals surface area contributed by atoms with Crippen molar-refractivity contribution in [3.05, 3.63) is 67.6 Å². The normalized spacial score (nSPS) is 10.3. The van der Waals surface area contributed by atoms with E-state index in [1.165, 1.54) is 12.1 Å². The number of nitrogens with zero attached hydrogens (tertiary/aromatic N) is 1. The number of hydrogen-bond donors (Lipinski definition) is 1. The van der Waals surface area contributed by atoms with Gasteiger partial charge >= 0.3 is 0 Å². The Balaban J connectivity index is 1.91. The Bertz CT molecular complexity index is 617. The van der Waals surface area contributed by atoms with Gasteiger partial charge in [0.1, 0.15) is 0 Å². The average Bonchev–Trinajstić information content (AvgIpc) is 2.42. The predicted octanol–water partition coefficient (Wildman–Crippen LogP) is 4.67. The van der Waals surface area contributed by atoms with Crippen LogP contribution in [0.25, 0.3) is 0 Å². The van der Waals surface area contributed by atoms with Crippen molar-refractivity contribution < 1.29 is 4.92 Å². The first-order valence-electron chi connectivity index (χ1n) is 5.98. The minimum absolute atomic E-state index is 0.113. The maximum absolute atomic E-state index is 10.6. The first-order chi connectivity index (χ1) is 9.56. The molecule has 0 spiro atoms. The van der Waals surface area contributed by atoms with Crippen molar-refractivity contribution in [3.8, 4) is 0 Å². The zero-order valence-electron chi connectivity index (χ0n) is 10.5. The molecule has 0 radical (unpaired) electrons. The van der Waals surface area contributed by atoms with Gasteiger partial charge in [-0.05, 0) is 46.1 Å². The molecular formula is C14H12BrClN2O2. The van der Waals surface area contributed by atoms with Gasteiger partial charge in [-0.2, -0.15) is 0 Å². The Morgan fingerprint density at radius 2 is 1.90 bits per heavy atom. The fourth-order valence-corrected chi connectivity index (χ4v) is 2.58. The second kappa shape index (κ2) is 6.72. The molecule has 2 rings (SSSR count). The highest BCUT2D eigenvalue weighted by Gasteiger charge is 2.04. The molecular weight excluding hydrogens is 344 g/mol. The summed E-state index contributed by atoms with van der Waals surface area (Å²) in [5, 5.41) is 14.5. The number of non-ortho nitro benzene ring substituents is 1. The number of rotatable bonds is 5. The molecule has 0 amide bonds. The summed E-state index contributed by atoms with van der Waals surface area (Å²) < 4.78 is 0.911. The van der Waals surface area contributed by atoms with Crippen molar-refractivity contribution in [1.29, 1.82) is 0 Å². The summed E-state index contributed by atoms with van der Waals surface area (Å²) in [7, 11) is 0. The molecule has 0 aliphatic rings. The molecule has 0 fully saturated rings. The fraction of sp³-hybridized carbons (Fsp3) is 0.143. The van der Waals surface area contributed by atoms with Crippen LogP contribution < -0.4 is 5.32 Å². The van der Waals surface area contributed by atoms with Crippen LogP contribution in [-0.2, 0) is 6.42 Å². The summed E-state index contributed by atoms with van der Waals surface area (Å²) >= 11 is 9.31. The number of nitro groups is 1. The minimum atomic E-state index is -0.396. The molecule has 104 valence electrons. The number of hydrogen-bond acceptors (Lipinski definition) is 3. The van der Waals surface area contributed by atoms with E-state index in [2.05, 4.69) is 21.2 Å². The highest BCUT2D eigenvalue weighted by atomic mass is 79.9. The number of halogens is 2. The summed E-state index contributed by atoms with van der Waals surface area (Å²) in [6.07, 6.45) is 0.785. The molecule has 4 nitrogen and oxygen atoms in total. The molecule has 0 bridgehead atoms. The topological polar surface area (TPSA) is 55.2 Å². The van der Waals surface area contributed by atoms with Crippen LogP contribution in [0.3, 0.4) is 0 Å². The third kappa shape index (κ3) is 3.95. The van der Waals surface area contributed by atoms with E-state index in [-0.39, 0.29) is 5.69 Å². The molecule has 0 aliphatic heterocycles. The molecule has 0 saturated heterocycles. The standard InChI is InChI=1S/C14H12BrClN2O2/c15-13-9-11(16)3-6-14(13)17-8-7-10-1-4-12(5-2-10)18(19)20/h1-6,9,17H,7-8H2. The van der Waals surface area contributed by atoms with Crippen molar-refractivity contribution in [3.63, 3.8) is 0 Å². The Morgan fingerprint density at radius 3 is 2.50 bits per heavy atom. The zero-order valence-corrected chi connectivity index (χ0v) is 12.8. The van der Waals surface area contributed by atoms with Crippen molar-refractivity contribution in [1.82, 2.24) is 0 Å². The molecule has 1 N–H and O–H groups in total. The van der Waals surface area contributed by atoms with Crippen molar-refractivity contribution in [2.75, 3.05) is 11.9 Å². The van der Waals surface area contributed by atoms with Gasteiger partial charge in [-0.25, -0.2) is 0 Å². The van der Waals surface area contributed by atoms with Gasteiger partial charge in [0.2, 0.25) is 0 Å². The van der Waals surface area contributed by atoms with Crippen molar-refractivity contribution in [2.24, 2.45) is 0 Å². The van der Waals surface area contributed by atoms with Gasteiger partial charge < -0.3 is 5.32 Å². The minimum Gasteiger partial charge on any atom is -0.384 e. The Kier molecular flexibility index (Phi) is 4.98. The summed E-state index contributed by atoms with van der Waals surface area (Å²) in [5.74, 6) is 0. The fourth-order valence-electron chi connectivity index (χ4n) is 1.76. The van der Waals surface area contributed by atoms with Crippen LogP contribution in [0.1, 0.15) is 5.56 Å². The molecule has 2 aromatic carbocycles. The lowest BCUT2D eigenvalue weighted by molar-refractivity contribution is -0.384. The van der Waals surface area contributed by atoms with Gasteiger partial charge in [-0.15, -0.1) is 0 Å². The molecule has 6 heteroatoms. The lowest BCUT2D eigenvalue weighted by Crippen LogP contribution is -2.05. The molecule has 0 atom stereocenters. The Hall–Kier alpha value is -1.59. The van der Waals surface area contributed by atoms with E-state index in [0.717, 1.165) is 28.7 Å². The largest absolute Gasteiger partial charge is 0.384 e. The van der Waals surface area contributed by atoms with E-state index in [1.54, 1.807) is 12.1 Å². The molecule has 0 saturated carbocycles. The highest BCUT2D eigenvalue weighted by molar-refractivity contribution is 9.10. The first kappa shape index (κ1) is 14.8. The van der Waals surface area contributed by atoms with E-state index in [1.807, 2.05) is 18.2 Å². The molecule has 0 aliphatic carbocycles. The first-order valence-corrected chi connectivity index (χ1v) is 7.15.